The molecule has 4 rings (SSSR count). The first-order valence-corrected chi connectivity index (χ1v) is 8.16. The molecule has 0 saturated heterocycles. The Morgan fingerprint density at radius 2 is 2.24 bits per heavy atom. The van der Waals surface area contributed by atoms with E-state index in [1.165, 1.54) is 23.5 Å². The molecule has 0 unspecified atom stereocenters. The first-order valence-electron chi connectivity index (χ1n) is 8.16. The van der Waals surface area contributed by atoms with Crippen LogP contribution < -0.4 is 4.74 Å². The van der Waals surface area contributed by atoms with Crippen molar-refractivity contribution in [3.8, 4) is 5.75 Å². The van der Waals surface area contributed by atoms with Gasteiger partial charge < -0.3 is 14.6 Å². The highest BCUT2D eigenvalue weighted by molar-refractivity contribution is 5.95. The molecule has 126 valence electrons. The van der Waals surface area contributed by atoms with Crippen LogP contribution in [0.1, 0.15) is 22.5 Å². The standard InChI is InChI=1S/C19H18N4O2/c1-25-14-2-3-17-15(10-14)16(11-22-17)13-4-8-23(9-5-13)19(24)18-12-20-6-7-21-18/h2-4,6-7,10-12,22H,5,8-9H2,1H3. The normalized spacial score (nSPS) is 14.4. The van der Waals surface area contributed by atoms with Gasteiger partial charge in [-0.2, -0.15) is 0 Å². The van der Waals surface area contributed by atoms with Crippen molar-refractivity contribution >= 4 is 22.4 Å². The third-order valence-electron chi connectivity index (χ3n) is 4.51. The van der Waals surface area contributed by atoms with Crippen LogP contribution in [0, 0.1) is 0 Å². The molecular weight excluding hydrogens is 316 g/mol. The summed E-state index contributed by atoms with van der Waals surface area (Å²) in [7, 11) is 1.67. The molecule has 1 N–H and O–H groups in total. The molecule has 0 spiro atoms. The van der Waals surface area contributed by atoms with Gasteiger partial charge in [-0.1, -0.05) is 6.08 Å². The summed E-state index contributed by atoms with van der Waals surface area (Å²) in [5.41, 5.74) is 3.87. The number of hydrogen-bond donors (Lipinski definition) is 1. The van der Waals surface area contributed by atoms with E-state index in [2.05, 4.69) is 21.0 Å². The van der Waals surface area contributed by atoms with Crippen molar-refractivity contribution in [2.75, 3.05) is 20.2 Å². The molecule has 1 aromatic carbocycles. The number of H-pyrrole nitrogens is 1. The van der Waals surface area contributed by atoms with Crippen molar-refractivity contribution in [2.24, 2.45) is 0 Å². The largest absolute Gasteiger partial charge is 0.497 e. The number of carbonyl (C=O) groups excluding carboxylic acids is 1. The highest BCUT2D eigenvalue weighted by Gasteiger charge is 2.21. The van der Waals surface area contributed by atoms with E-state index in [1.54, 1.807) is 18.2 Å². The van der Waals surface area contributed by atoms with Crippen molar-refractivity contribution in [1.29, 1.82) is 0 Å². The van der Waals surface area contributed by atoms with Gasteiger partial charge in [0.1, 0.15) is 11.4 Å². The molecule has 6 nitrogen and oxygen atoms in total. The number of fused-ring (bicyclic) bond motifs is 1. The third-order valence-corrected chi connectivity index (χ3v) is 4.51. The Balaban J connectivity index is 1.58. The van der Waals surface area contributed by atoms with Crippen molar-refractivity contribution in [3.05, 3.63) is 60.3 Å². The molecule has 2 aromatic heterocycles. The van der Waals surface area contributed by atoms with Gasteiger partial charge in [0.25, 0.3) is 5.91 Å². The zero-order valence-electron chi connectivity index (χ0n) is 13.9. The van der Waals surface area contributed by atoms with Crippen molar-refractivity contribution in [2.45, 2.75) is 6.42 Å². The van der Waals surface area contributed by atoms with E-state index < -0.39 is 0 Å². The lowest BCUT2D eigenvalue weighted by molar-refractivity contribution is 0.0766. The third kappa shape index (κ3) is 2.87. The van der Waals surface area contributed by atoms with Crippen LogP contribution in [-0.4, -0.2) is 46.0 Å². The van der Waals surface area contributed by atoms with E-state index in [0.717, 1.165) is 23.1 Å². The molecule has 0 atom stereocenters. The SMILES string of the molecule is COc1ccc2[nH]cc(C3=CCN(C(=O)c4cnccn4)CC3)c2c1. The van der Waals surface area contributed by atoms with Crippen LogP contribution in [0.4, 0.5) is 0 Å². The molecule has 3 aromatic rings. The summed E-state index contributed by atoms with van der Waals surface area (Å²) in [5.74, 6) is 0.758. The molecule has 3 heterocycles. The summed E-state index contributed by atoms with van der Waals surface area (Å²) in [5, 5.41) is 1.14. The second-order valence-corrected chi connectivity index (χ2v) is 5.94. The number of ether oxygens (including phenoxy) is 1. The number of carbonyl (C=O) groups is 1. The second-order valence-electron chi connectivity index (χ2n) is 5.94. The number of hydrogen-bond acceptors (Lipinski definition) is 4. The maximum atomic E-state index is 12.5. The van der Waals surface area contributed by atoms with Gasteiger partial charge in [-0.3, -0.25) is 9.78 Å². The number of methoxy groups -OCH3 is 1. The molecule has 0 saturated carbocycles. The molecule has 0 radical (unpaired) electrons. The summed E-state index contributed by atoms with van der Waals surface area (Å²) in [6.45, 7) is 1.24. The van der Waals surface area contributed by atoms with E-state index >= 15 is 0 Å². The average molecular weight is 334 g/mol. The van der Waals surface area contributed by atoms with Crippen LogP contribution in [0.15, 0.2) is 49.1 Å². The van der Waals surface area contributed by atoms with Gasteiger partial charge in [0, 0.05) is 48.1 Å². The highest BCUT2D eigenvalue weighted by Crippen LogP contribution is 2.31. The van der Waals surface area contributed by atoms with Gasteiger partial charge in [0.05, 0.1) is 13.3 Å². The van der Waals surface area contributed by atoms with Gasteiger partial charge in [-0.15, -0.1) is 0 Å². The number of nitrogens with one attached hydrogen (secondary N) is 1. The predicted octanol–water partition coefficient (Wildman–Crippen LogP) is 2.90. The topological polar surface area (TPSA) is 71.1 Å². The van der Waals surface area contributed by atoms with Crippen LogP contribution in [0.2, 0.25) is 0 Å². The summed E-state index contributed by atoms with van der Waals surface area (Å²) in [6, 6.07) is 6.00. The zero-order chi connectivity index (χ0) is 17.2. The van der Waals surface area contributed by atoms with Crippen LogP contribution in [0.5, 0.6) is 5.75 Å². The molecule has 1 amide bonds. The molecular formula is C19H18N4O2. The molecule has 6 heteroatoms. The first kappa shape index (κ1) is 15.4. The van der Waals surface area contributed by atoms with Gasteiger partial charge in [-0.05, 0) is 30.2 Å². The van der Waals surface area contributed by atoms with Crippen LogP contribution in [0.3, 0.4) is 0 Å². The summed E-state index contributed by atoms with van der Waals surface area (Å²) < 4.78 is 5.33. The van der Waals surface area contributed by atoms with Gasteiger partial charge in [0.2, 0.25) is 0 Å². The van der Waals surface area contributed by atoms with Gasteiger partial charge in [-0.25, -0.2) is 4.98 Å². The number of amides is 1. The minimum absolute atomic E-state index is 0.0796. The summed E-state index contributed by atoms with van der Waals surface area (Å²) in [6.07, 6.45) is 9.55. The molecule has 1 aliphatic rings. The quantitative estimate of drug-likeness (QED) is 0.799. The number of benzene rings is 1. The minimum Gasteiger partial charge on any atom is -0.497 e. The Hall–Kier alpha value is -3.15. The van der Waals surface area contributed by atoms with Crippen molar-refractivity contribution < 1.29 is 9.53 Å². The Morgan fingerprint density at radius 1 is 1.32 bits per heavy atom. The van der Waals surface area contributed by atoms with E-state index in [9.17, 15) is 4.79 Å². The second kappa shape index (κ2) is 6.39. The van der Waals surface area contributed by atoms with Crippen molar-refractivity contribution in [3.63, 3.8) is 0 Å². The maximum absolute atomic E-state index is 12.5. The van der Waals surface area contributed by atoms with E-state index in [4.69, 9.17) is 4.74 Å². The Kier molecular flexibility index (Phi) is 3.93. The fourth-order valence-electron chi connectivity index (χ4n) is 3.16. The monoisotopic (exact) mass is 334 g/mol. The smallest absolute Gasteiger partial charge is 0.274 e. The van der Waals surface area contributed by atoms with Gasteiger partial charge >= 0.3 is 0 Å². The fourth-order valence-corrected chi connectivity index (χ4v) is 3.16. The molecule has 0 aliphatic carbocycles. The lowest BCUT2D eigenvalue weighted by atomic mass is 9.98. The fraction of sp³-hybridized carbons (Fsp3) is 0.211. The number of nitrogens with zero attached hydrogens (tertiary/aromatic N) is 3. The Labute approximate surface area is 145 Å². The van der Waals surface area contributed by atoms with E-state index in [-0.39, 0.29) is 5.91 Å². The van der Waals surface area contributed by atoms with Gasteiger partial charge in [0.15, 0.2) is 0 Å². The lowest BCUT2D eigenvalue weighted by Crippen LogP contribution is -2.35. The minimum atomic E-state index is -0.0796. The molecule has 25 heavy (non-hydrogen) atoms. The average Bonchev–Trinajstić information content (AvgIpc) is 3.11. The summed E-state index contributed by atoms with van der Waals surface area (Å²) in [4.78, 5) is 25.6. The van der Waals surface area contributed by atoms with Crippen LogP contribution >= 0.6 is 0 Å². The lowest BCUT2D eigenvalue weighted by Gasteiger charge is -2.26. The summed E-state index contributed by atoms with van der Waals surface area (Å²) >= 11 is 0. The number of aromatic amines is 1. The number of aromatic nitrogens is 3. The number of rotatable bonds is 3. The molecule has 0 fully saturated rings. The first-order chi connectivity index (χ1) is 12.3. The molecule has 0 bridgehead atoms. The molecule has 1 aliphatic heterocycles. The maximum Gasteiger partial charge on any atom is 0.274 e. The van der Waals surface area contributed by atoms with Crippen molar-refractivity contribution in [1.82, 2.24) is 19.9 Å². The Bertz CT molecular complexity index is 946. The Morgan fingerprint density at radius 3 is 2.96 bits per heavy atom. The van der Waals surface area contributed by atoms with Crippen LogP contribution in [0.25, 0.3) is 16.5 Å². The highest BCUT2D eigenvalue weighted by atomic mass is 16.5. The van der Waals surface area contributed by atoms with E-state index in [1.807, 2.05) is 24.4 Å². The predicted molar refractivity (Wildman–Crippen MR) is 95.4 cm³/mol. The van der Waals surface area contributed by atoms with Crippen LogP contribution in [-0.2, 0) is 0 Å². The van der Waals surface area contributed by atoms with E-state index in [0.29, 0.717) is 18.8 Å². The zero-order valence-corrected chi connectivity index (χ0v) is 13.9.